The molecule has 2 aliphatic heterocycles. The van der Waals surface area contributed by atoms with Crippen LogP contribution < -0.4 is 11.1 Å². The Morgan fingerprint density at radius 2 is 1.91 bits per heavy atom. The van der Waals surface area contributed by atoms with Gasteiger partial charge in [0.15, 0.2) is 0 Å². The SMILES string of the molecule is CC(C)(CNC(=O)[C@@H]1CC[C@H](CN)O1)N1CCOCC1.Cl.Cl. The molecule has 0 spiro atoms. The lowest BCUT2D eigenvalue weighted by molar-refractivity contribution is -0.132. The van der Waals surface area contributed by atoms with Crippen LogP contribution in [0.15, 0.2) is 0 Å². The van der Waals surface area contributed by atoms with E-state index in [-0.39, 0.29) is 48.5 Å². The largest absolute Gasteiger partial charge is 0.379 e. The third kappa shape index (κ3) is 5.83. The molecule has 2 saturated heterocycles. The van der Waals surface area contributed by atoms with E-state index in [1.807, 2.05) is 0 Å². The summed E-state index contributed by atoms with van der Waals surface area (Å²) in [6, 6.07) is 0. The number of hydrogen-bond acceptors (Lipinski definition) is 5. The van der Waals surface area contributed by atoms with Crippen LogP contribution >= 0.6 is 24.8 Å². The number of halogens is 2. The summed E-state index contributed by atoms with van der Waals surface area (Å²) >= 11 is 0. The highest BCUT2D eigenvalue weighted by molar-refractivity contribution is 5.85. The van der Waals surface area contributed by atoms with Crippen molar-refractivity contribution < 1.29 is 14.3 Å². The maximum Gasteiger partial charge on any atom is 0.249 e. The molecule has 8 heteroatoms. The van der Waals surface area contributed by atoms with E-state index < -0.39 is 0 Å². The minimum absolute atomic E-state index is 0. The normalized spacial score (nSPS) is 26.0. The topological polar surface area (TPSA) is 76.8 Å². The number of carbonyl (C=O) groups excluding carboxylic acids is 1. The lowest BCUT2D eigenvalue weighted by atomic mass is 10.0. The second-order valence-corrected chi connectivity index (χ2v) is 6.19. The Morgan fingerprint density at radius 3 is 2.45 bits per heavy atom. The number of amides is 1. The predicted octanol–water partition coefficient (Wildman–Crippen LogP) is 0.563. The van der Waals surface area contributed by atoms with Crippen molar-refractivity contribution in [2.24, 2.45) is 5.73 Å². The summed E-state index contributed by atoms with van der Waals surface area (Å²) in [7, 11) is 0. The molecule has 22 heavy (non-hydrogen) atoms. The summed E-state index contributed by atoms with van der Waals surface area (Å²) in [5.74, 6) is -0.0118. The van der Waals surface area contributed by atoms with E-state index in [9.17, 15) is 4.79 Å². The Labute approximate surface area is 145 Å². The number of hydrogen-bond donors (Lipinski definition) is 2. The number of nitrogens with zero attached hydrogens (tertiary/aromatic N) is 1. The molecule has 0 unspecified atom stereocenters. The number of nitrogens with one attached hydrogen (secondary N) is 1. The zero-order valence-electron chi connectivity index (χ0n) is 13.4. The van der Waals surface area contributed by atoms with Crippen LogP contribution in [0.1, 0.15) is 26.7 Å². The molecule has 1 amide bonds. The third-order valence-electron chi connectivity index (χ3n) is 4.23. The van der Waals surface area contributed by atoms with Crippen LogP contribution in [0.25, 0.3) is 0 Å². The van der Waals surface area contributed by atoms with Crippen LogP contribution in [0.4, 0.5) is 0 Å². The maximum atomic E-state index is 12.1. The molecular formula is C14H29Cl2N3O3. The van der Waals surface area contributed by atoms with E-state index in [1.54, 1.807) is 0 Å². The van der Waals surface area contributed by atoms with Gasteiger partial charge in [0.25, 0.3) is 0 Å². The van der Waals surface area contributed by atoms with Gasteiger partial charge in [-0.15, -0.1) is 24.8 Å². The molecule has 2 heterocycles. The second kappa shape index (κ2) is 9.90. The summed E-state index contributed by atoms with van der Waals surface area (Å²) in [5, 5.41) is 3.02. The van der Waals surface area contributed by atoms with Gasteiger partial charge in [-0.05, 0) is 26.7 Å². The molecule has 2 atom stereocenters. The molecule has 0 aliphatic carbocycles. The van der Waals surface area contributed by atoms with Crippen LogP contribution in [-0.4, -0.2) is 67.9 Å². The molecule has 132 valence electrons. The molecule has 0 aromatic rings. The van der Waals surface area contributed by atoms with Crippen LogP contribution in [-0.2, 0) is 14.3 Å². The van der Waals surface area contributed by atoms with Crippen LogP contribution in [0.5, 0.6) is 0 Å². The molecule has 3 N–H and O–H groups in total. The molecule has 0 saturated carbocycles. The highest BCUT2D eigenvalue weighted by Crippen LogP contribution is 2.20. The number of morpholine rings is 1. The van der Waals surface area contributed by atoms with Gasteiger partial charge in [0.05, 0.1) is 19.3 Å². The minimum atomic E-state index is -0.330. The molecule has 0 radical (unpaired) electrons. The van der Waals surface area contributed by atoms with Gasteiger partial charge in [0.1, 0.15) is 6.10 Å². The van der Waals surface area contributed by atoms with Crippen LogP contribution in [0, 0.1) is 0 Å². The van der Waals surface area contributed by atoms with Gasteiger partial charge in [0.2, 0.25) is 5.91 Å². The fraction of sp³-hybridized carbons (Fsp3) is 0.929. The fourth-order valence-corrected chi connectivity index (χ4v) is 2.77. The Hall–Kier alpha value is -0.110. The summed E-state index contributed by atoms with van der Waals surface area (Å²) in [6.45, 7) is 8.77. The van der Waals surface area contributed by atoms with Gasteiger partial charge in [-0.25, -0.2) is 0 Å². The van der Waals surface area contributed by atoms with Gasteiger partial charge in [0, 0.05) is 31.7 Å². The first-order chi connectivity index (χ1) is 9.53. The van der Waals surface area contributed by atoms with Crippen LogP contribution in [0.3, 0.4) is 0 Å². The fourth-order valence-electron chi connectivity index (χ4n) is 2.77. The number of rotatable bonds is 5. The van der Waals surface area contributed by atoms with Crippen molar-refractivity contribution in [3.8, 4) is 0 Å². The zero-order valence-corrected chi connectivity index (χ0v) is 15.0. The third-order valence-corrected chi connectivity index (χ3v) is 4.23. The number of nitrogens with two attached hydrogens (primary N) is 1. The lowest BCUT2D eigenvalue weighted by Gasteiger charge is -2.41. The Kier molecular flexibility index (Phi) is 9.85. The minimum Gasteiger partial charge on any atom is -0.379 e. The number of ether oxygens (including phenoxy) is 2. The summed E-state index contributed by atoms with van der Waals surface area (Å²) in [5.41, 5.74) is 5.50. The van der Waals surface area contributed by atoms with Gasteiger partial charge in [-0.1, -0.05) is 0 Å². The maximum absolute atomic E-state index is 12.1. The Bertz CT molecular complexity index is 339. The van der Waals surface area contributed by atoms with E-state index >= 15 is 0 Å². The van der Waals surface area contributed by atoms with Gasteiger partial charge in [-0.2, -0.15) is 0 Å². The van der Waals surface area contributed by atoms with Crippen molar-refractivity contribution >= 4 is 30.7 Å². The molecule has 0 aromatic heterocycles. The average molecular weight is 358 g/mol. The lowest BCUT2D eigenvalue weighted by Crippen LogP contribution is -2.56. The van der Waals surface area contributed by atoms with Crippen molar-refractivity contribution in [2.75, 3.05) is 39.4 Å². The first-order valence-corrected chi connectivity index (χ1v) is 7.49. The summed E-state index contributed by atoms with van der Waals surface area (Å²) in [6.07, 6.45) is 1.36. The first kappa shape index (κ1) is 21.9. The van der Waals surface area contributed by atoms with E-state index in [2.05, 4.69) is 24.1 Å². The molecule has 2 rings (SSSR count). The first-order valence-electron chi connectivity index (χ1n) is 7.49. The highest BCUT2D eigenvalue weighted by Gasteiger charge is 2.32. The van der Waals surface area contributed by atoms with Gasteiger partial charge >= 0.3 is 0 Å². The predicted molar refractivity (Wildman–Crippen MR) is 90.9 cm³/mol. The van der Waals surface area contributed by atoms with Crippen molar-refractivity contribution in [1.29, 1.82) is 0 Å². The zero-order chi connectivity index (χ0) is 14.6. The average Bonchev–Trinajstić information content (AvgIpc) is 2.95. The van der Waals surface area contributed by atoms with E-state index in [4.69, 9.17) is 15.2 Å². The van der Waals surface area contributed by atoms with Crippen molar-refractivity contribution in [3.63, 3.8) is 0 Å². The van der Waals surface area contributed by atoms with E-state index in [0.717, 1.165) is 39.1 Å². The monoisotopic (exact) mass is 357 g/mol. The molecule has 6 nitrogen and oxygen atoms in total. The molecular weight excluding hydrogens is 329 g/mol. The van der Waals surface area contributed by atoms with E-state index in [1.165, 1.54) is 0 Å². The number of carbonyl (C=O) groups is 1. The van der Waals surface area contributed by atoms with Crippen molar-refractivity contribution in [2.45, 2.75) is 44.4 Å². The van der Waals surface area contributed by atoms with Crippen molar-refractivity contribution in [3.05, 3.63) is 0 Å². The van der Waals surface area contributed by atoms with Crippen LogP contribution in [0.2, 0.25) is 0 Å². The van der Waals surface area contributed by atoms with Crippen molar-refractivity contribution in [1.82, 2.24) is 10.2 Å². The van der Waals surface area contributed by atoms with E-state index in [0.29, 0.717) is 13.1 Å². The molecule has 2 aliphatic rings. The summed E-state index contributed by atoms with van der Waals surface area (Å²) < 4.78 is 11.0. The molecule has 2 fully saturated rings. The Morgan fingerprint density at radius 1 is 1.27 bits per heavy atom. The quantitative estimate of drug-likeness (QED) is 0.751. The Balaban J connectivity index is 0.00000220. The second-order valence-electron chi connectivity index (χ2n) is 6.19. The molecule has 0 aromatic carbocycles. The standard InChI is InChI=1S/C14H27N3O3.2ClH/c1-14(2,17-5-7-19-8-6-17)10-16-13(18)12-4-3-11(9-15)20-12;;/h11-12H,3-10,15H2,1-2H3,(H,16,18);2*1H/t11-,12+;;/m1../s1. The summed E-state index contributed by atoms with van der Waals surface area (Å²) in [4.78, 5) is 14.5. The van der Waals surface area contributed by atoms with Gasteiger partial charge < -0.3 is 20.5 Å². The molecule has 0 bridgehead atoms. The van der Waals surface area contributed by atoms with Gasteiger partial charge in [-0.3, -0.25) is 9.69 Å². The smallest absolute Gasteiger partial charge is 0.249 e. The highest BCUT2D eigenvalue weighted by atomic mass is 35.5.